The highest BCUT2D eigenvalue weighted by atomic mass is 33.1. The molecule has 0 spiro atoms. The van der Waals surface area contributed by atoms with Gasteiger partial charge in [0.25, 0.3) is 0 Å². The topological polar surface area (TPSA) is 196 Å². The van der Waals surface area contributed by atoms with E-state index < -0.39 is 23.9 Å². The number of nitrogens with one attached hydrogen (secondary N) is 4. The van der Waals surface area contributed by atoms with Gasteiger partial charge in [0, 0.05) is 56.1 Å². The Morgan fingerprint density at radius 3 is 1.71 bits per heavy atom. The van der Waals surface area contributed by atoms with E-state index in [1.165, 1.54) is 10.8 Å². The van der Waals surface area contributed by atoms with Crippen molar-refractivity contribution < 1.29 is 42.9 Å². The summed E-state index contributed by atoms with van der Waals surface area (Å²) in [6.07, 6.45) is 3.83. The van der Waals surface area contributed by atoms with Gasteiger partial charge in [0.1, 0.15) is 12.1 Å². The van der Waals surface area contributed by atoms with E-state index in [-0.39, 0.29) is 48.5 Å². The molecule has 0 bridgehead atoms. The van der Waals surface area contributed by atoms with Gasteiger partial charge in [-0.1, -0.05) is 56.2 Å². The van der Waals surface area contributed by atoms with E-state index in [0.29, 0.717) is 84.2 Å². The summed E-state index contributed by atoms with van der Waals surface area (Å²) in [5.74, 6) is -1.39. The van der Waals surface area contributed by atoms with Crippen molar-refractivity contribution in [3.63, 3.8) is 0 Å². The number of ether oxygens (including phenoxy) is 4. The number of carbonyl (C=O) groups excluding carboxylic acids is 5. The molecule has 2 atom stereocenters. The summed E-state index contributed by atoms with van der Waals surface area (Å²) >= 11 is 0. The fourth-order valence-electron chi connectivity index (χ4n) is 3.73. The standard InChI is InChI=1S/C32H61N5O9S2/c1-6-16-43-18-11-28(39)35-15-21-46-23-22-45-19-12-27(38)34-14-9-8-10-25(36-29(40)13-20-44-17-7-2)31(42)37-26(30(33)41)24-47-48-32(3,4)5/h25-26H,6-24H2,1-5H3,(H2,33,41)(H,34,38)(H,35,39)(H,36,40)(H,37,42). The highest BCUT2D eigenvalue weighted by Crippen LogP contribution is 2.35. The van der Waals surface area contributed by atoms with Gasteiger partial charge in [-0.2, -0.15) is 0 Å². The highest BCUT2D eigenvalue weighted by molar-refractivity contribution is 8.77. The van der Waals surface area contributed by atoms with Gasteiger partial charge in [-0.3, -0.25) is 24.0 Å². The zero-order valence-electron chi connectivity index (χ0n) is 29.7. The first-order chi connectivity index (χ1) is 22.9. The molecule has 0 aromatic heterocycles. The van der Waals surface area contributed by atoms with Gasteiger partial charge in [-0.25, -0.2) is 0 Å². The van der Waals surface area contributed by atoms with Crippen LogP contribution in [-0.2, 0) is 42.9 Å². The number of carbonyl (C=O) groups is 5. The summed E-state index contributed by atoms with van der Waals surface area (Å²) in [7, 11) is 3.03. The van der Waals surface area contributed by atoms with Gasteiger partial charge in [0.15, 0.2) is 0 Å². The molecule has 16 heteroatoms. The molecule has 2 unspecified atom stereocenters. The minimum Gasteiger partial charge on any atom is -0.381 e. The van der Waals surface area contributed by atoms with E-state index in [1.807, 2.05) is 34.6 Å². The quantitative estimate of drug-likeness (QED) is 0.0519. The maximum atomic E-state index is 13.1. The Kier molecular flexibility index (Phi) is 28.5. The van der Waals surface area contributed by atoms with Crippen LogP contribution < -0.4 is 27.0 Å². The van der Waals surface area contributed by atoms with Crippen molar-refractivity contribution in [2.24, 2.45) is 5.73 Å². The summed E-state index contributed by atoms with van der Waals surface area (Å²) in [6, 6.07) is -1.75. The molecule has 0 saturated carbocycles. The number of nitrogens with two attached hydrogens (primary N) is 1. The molecule has 0 aliphatic heterocycles. The average molecular weight is 724 g/mol. The fourth-order valence-corrected chi connectivity index (χ4v) is 6.21. The molecule has 6 N–H and O–H groups in total. The largest absolute Gasteiger partial charge is 0.381 e. The van der Waals surface area contributed by atoms with Crippen molar-refractivity contribution in [2.75, 3.05) is 71.7 Å². The Balaban J connectivity index is 4.39. The van der Waals surface area contributed by atoms with Crippen LogP contribution >= 0.6 is 21.6 Å². The number of hydrogen-bond acceptors (Lipinski definition) is 11. The summed E-state index contributed by atoms with van der Waals surface area (Å²) in [5, 5.41) is 11.0. The van der Waals surface area contributed by atoms with Crippen LogP contribution in [0.4, 0.5) is 0 Å². The number of rotatable bonds is 31. The highest BCUT2D eigenvalue weighted by Gasteiger charge is 2.26. The number of hydrogen-bond donors (Lipinski definition) is 5. The predicted molar refractivity (Wildman–Crippen MR) is 190 cm³/mol. The minimum absolute atomic E-state index is 0.0312. The molecule has 48 heavy (non-hydrogen) atoms. The minimum atomic E-state index is -0.883. The Morgan fingerprint density at radius 2 is 1.17 bits per heavy atom. The smallest absolute Gasteiger partial charge is 0.243 e. The SMILES string of the molecule is CCCOCCC(=O)NCCOCCOCCC(=O)NCCCCC(NC(=O)CCOCCC)C(=O)NC(CSSC(C)(C)C)C(N)=O. The molecular formula is C32H61N5O9S2. The van der Waals surface area contributed by atoms with E-state index in [9.17, 15) is 24.0 Å². The van der Waals surface area contributed by atoms with E-state index in [0.717, 1.165) is 12.8 Å². The van der Waals surface area contributed by atoms with Crippen LogP contribution in [0.3, 0.4) is 0 Å². The van der Waals surface area contributed by atoms with E-state index in [4.69, 9.17) is 24.7 Å². The first-order valence-electron chi connectivity index (χ1n) is 16.9. The maximum Gasteiger partial charge on any atom is 0.243 e. The average Bonchev–Trinajstić information content (AvgIpc) is 3.02. The van der Waals surface area contributed by atoms with Crippen LogP contribution in [0.1, 0.15) is 86.0 Å². The molecule has 5 amide bonds. The molecule has 14 nitrogen and oxygen atoms in total. The third kappa shape index (κ3) is 28.9. The van der Waals surface area contributed by atoms with Crippen LogP contribution in [0.25, 0.3) is 0 Å². The van der Waals surface area contributed by atoms with Gasteiger partial charge < -0.3 is 45.9 Å². The van der Waals surface area contributed by atoms with Gasteiger partial charge >= 0.3 is 0 Å². The van der Waals surface area contributed by atoms with Crippen LogP contribution in [0.2, 0.25) is 0 Å². The molecule has 0 fully saturated rings. The van der Waals surface area contributed by atoms with E-state index in [1.54, 1.807) is 10.8 Å². The van der Waals surface area contributed by atoms with E-state index >= 15 is 0 Å². The zero-order chi connectivity index (χ0) is 36.0. The number of primary amides is 1. The molecule has 0 heterocycles. The molecular weight excluding hydrogens is 663 g/mol. The summed E-state index contributed by atoms with van der Waals surface area (Å²) < 4.78 is 21.5. The first kappa shape index (κ1) is 45.9. The Morgan fingerprint density at radius 1 is 0.646 bits per heavy atom. The lowest BCUT2D eigenvalue weighted by atomic mass is 10.1. The predicted octanol–water partition coefficient (Wildman–Crippen LogP) is 2.08. The third-order valence-corrected chi connectivity index (χ3v) is 9.50. The van der Waals surface area contributed by atoms with Crippen molar-refractivity contribution >= 4 is 51.1 Å². The molecule has 0 aromatic carbocycles. The molecule has 280 valence electrons. The van der Waals surface area contributed by atoms with Crippen LogP contribution in [0.5, 0.6) is 0 Å². The maximum absolute atomic E-state index is 13.1. The van der Waals surface area contributed by atoms with Gasteiger partial charge in [0.05, 0.1) is 39.6 Å². The normalized spacial score (nSPS) is 12.6. The Labute approximate surface area is 294 Å². The van der Waals surface area contributed by atoms with Crippen molar-refractivity contribution in [2.45, 2.75) is 103 Å². The monoisotopic (exact) mass is 723 g/mol. The van der Waals surface area contributed by atoms with Gasteiger partial charge in [-0.15, -0.1) is 0 Å². The van der Waals surface area contributed by atoms with E-state index in [2.05, 4.69) is 21.3 Å². The zero-order valence-corrected chi connectivity index (χ0v) is 31.3. The van der Waals surface area contributed by atoms with Crippen LogP contribution in [-0.4, -0.2) is 118 Å². The summed E-state index contributed by atoms with van der Waals surface area (Å²) in [6.45, 7) is 14.1. The Hall–Kier alpha value is -2.11. The van der Waals surface area contributed by atoms with Crippen LogP contribution in [0, 0.1) is 0 Å². The first-order valence-corrected chi connectivity index (χ1v) is 19.3. The van der Waals surface area contributed by atoms with Crippen molar-refractivity contribution in [1.82, 2.24) is 21.3 Å². The second kappa shape index (κ2) is 29.8. The summed E-state index contributed by atoms with van der Waals surface area (Å²) in [5.41, 5.74) is 5.55. The van der Waals surface area contributed by atoms with Crippen molar-refractivity contribution in [1.29, 1.82) is 0 Å². The molecule has 0 aromatic rings. The molecule has 0 rings (SSSR count). The lowest BCUT2D eigenvalue weighted by Crippen LogP contribution is -2.53. The molecule has 0 aliphatic rings. The van der Waals surface area contributed by atoms with Gasteiger partial charge in [0.2, 0.25) is 29.5 Å². The molecule has 0 aliphatic carbocycles. The third-order valence-electron chi connectivity index (χ3n) is 6.15. The van der Waals surface area contributed by atoms with Gasteiger partial charge in [-0.05, 0) is 32.1 Å². The fraction of sp³-hybridized carbons (Fsp3) is 0.844. The van der Waals surface area contributed by atoms with Crippen molar-refractivity contribution in [3.8, 4) is 0 Å². The summed E-state index contributed by atoms with van der Waals surface area (Å²) in [4.78, 5) is 61.5. The van der Waals surface area contributed by atoms with Crippen LogP contribution in [0.15, 0.2) is 0 Å². The second-order valence-corrected chi connectivity index (χ2v) is 15.1. The molecule has 0 saturated heterocycles. The second-order valence-electron chi connectivity index (χ2n) is 12.0. The lowest BCUT2D eigenvalue weighted by molar-refractivity contribution is -0.131. The number of unbranched alkanes of at least 4 members (excludes halogenated alkanes) is 1. The van der Waals surface area contributed by atoms with Crippen molar-refractivity contribution in [3.05, 3.63) is 0 Å². The Bertz CT molecular complexity index is 910. The lowest BCUT2D eigenvalue weighted by Gasteiger charge is -2.23. The number of amides is 5. The molecule has 0 radical (unpaired) electrons.